The average Bonchev–Trinajstić information content (AvgIpc) is 4.16. The lowest BCUT2D eigenvalue weighted by Crippen LogP contribution is -2.51. The van der Waals surface area contributed by atoms with Gasteiger partial charge in [0.1, 0.15) is 28.5 Å². The fraction of sp³-hybridized carbons (Fsp3) is 0.393. The number of nitrogens with one attached hydrogen (secondary N) is 3. The van der Waals surface area contributed by atoms with Gasteiger partial charge >= 0.3 is 6.01 Å². The van der Waals surface area contributed by atoms with Crippen molar-refractivity contribution >= 4 is 33.4 Å². The Kier molecular flexibility index (Phi) is 15.8. The second-order valence-corrected chi connectivity index (χ2v) is 19.4. The van der Waals surface area contributed by atoms with E-state index in [1.165, 1.54) is 44.7 Å². The summed E-state index contributed by atoms with van der Waals surface area (Å²) in [7, 11) is 3.67. The van der Waals surface area contributed by atoms with E-state index in [9.17, 15) is 15.0 Å². The van der Waals surface area contributed by atoms with Gasteiger partial charge in [-0.05, 0) is 99.4 Å². The van der Waals surface area contributed by atoms with Crippen LogP contribution in [0.15, 0.2) is 79.0 Å². The van der Waals surface area contributed by atoms with Crippen LogP contribution in [0.4, 0.5) is 10.2 Å². The number of hydrogen-bond donors (Lipinski definition) is 5. The number of phenols is 2. The molecule has 0 radical (unpaired) electrons. The van der Waals surface area contributed by atoms with Gasteiger partial charge in [0.25, 0.3) is 5.91 Å². The van der Waals surface area contributed by atoms with Crippen LogP contribution in [0.25, 0.3) is 50.0 Å². The highest BCUT2D eigenvalue weighted by Crippen LogP contribution is 2.39. The van der Waals surface area contributed by atoms with Crippen molar-refractivity contribution in [2.75, 3.05) is 78.0 Å². The van der Waals surface area contributed by atoms with Crippen molar-refractivity contribution in [3.8, 4) is 58.2 Å². The topological polar surface area (TPSA) is 182 Å². The standard InChI is InChI=1S/C26H22FN5O.C25H32N6O3.C5H11N/c1-3-15-6-4-7-16-8-5-9-19(21(15)16)23-22(27)24-20(12-28-23)25(31-26(30-24)33-2)32-13-17-10-11-18(14-32)29-17;1-4-27-25(34)24-29-28-23(20-13-19(16(2)3)21(32)14-22(20)33)31(24)18-7-5-17(6-8-18)15-30-11-9-26-10-12-30;1-6-4-2-3-5-6/h1,4-9,12,17-18,29H,10-11,13-14H2,2H3;5-8,13-14,16,26,32-33H,4,9-12,15H2,1-3H3,(H,27,34);2-5H2,1H3. The number of aromatic nitrogens is 6. The van der Waals surface area contributed by atoms with Crippen LogP contribution >= 0.6 is 0 Å². The summed E-state index contributed by atoms with van der Waals surface area (Å²) < 4.78 is 23.1. The number of likely N-dealkylation sites (tertiary alicyclic amines) is 1. The molecule has 1 amide bonds. The number of amides is 1. The normalized spacial score (nSPS) is 17.8. The maximum absolute atomic E-state index is 16.1. The zero-order valence-corrected chi connectivity index (χ0v) is 42.3. The molecule has 5 N–H and O–H groups in total. The van der Waals surface area contributed by atoms with E-state index in [-0.39, 0.29) is 46.4 Å². The number of pyridine rings is 1. The highest BCUT2D eigenvalue weighted by Gasteiger charge is 2.34. The minimum absolute atomic E-state index is 0.0172. The van der Waals surface area contributed by atoms with Crippen LogP contribution in [0.5, 0.6) is 17.5 Å². The summed E-state index contributed by atoms with van der Waals surface area (Å²) in [6, 6.07) is 23.3. The van der Waals surface area contributed by atoms with E-state index in [1.807, 2.05) is 81.4 Å². The van der Waals surface area contributed by atoms with Crippen LogP contribution in [-0.2, 0) is 6.54 Å². The zero-order chi connectivity index (χ0) is 51.2. The number of carbonyl (C=O) groups excluding carboxylic acids is 1. The van der Waals surface area contributed by atoms with E-state index < -0.39 is 5.82 Å². The van der Waals surface area contributed by atoms with Crippen LogP contribution < -0.4 is 25.6 Å². The number of methoxy groups -OCH3 is 1. The van der Waals surface area contributed by atoms with Crippen molar-refractivity contribution < 1.29 is 24.1 Å². The highest BCUT2D eigenvalue weighted by atomic mass is 19.1. The summed E-state index contributed by atoms with van der Waals surface area (Å²) in [5.74, 6) is 2.89. The number of ether oxygens (including phenoxy) is 1. The Balaban J connectivity index is 0.000000161. The number of rotatable bonds is 10. The lowest BCUT2D eigenvalue weighted by atomic mass is 9.97. The summed E-state index contributed by atoms with van der Waals surface area (Å²) in [5, 5.41) is 41.4. The number of terminal acetylenes is 1. The lowest BCUT2D eigenvalue weighted by molar-refractivity contribution is 0.0943. The van der Waals surface area contributed by atoms with Crippen LogP contribution in [0.1, 0.15) is 79.7 Å². The maximum Gasteiger partial charge on any atom is 0.318 e. The van der Waals surface area contributed by atoms with Gasteiger partial charge in [0, 0.05) is 98.9 Å². The maximum atomic E-state index is 16.1. The van der Waals surface area contributed by atoms with Gasteiger partial charge < -0.3 is 40.7 Å². The molecule has 17 heteroatoms. The third-order valence-corrected chi connectivity index (χ3v) is 14.0. The number of benzene rings is 4. The molecule has 4 aromatic carbocycles. The Morgan fingerprint density at radius 1 is 0.932 bits per heavy atom. The predicted octanol–water partition coefficient (Wildman–Crippen LogP) is 7.25. The molecule has 3 aromatic heterocycles. The van der Waals surface area contributed by atoms with E-state index >= 15 is 4.39 Å². The molecular weight excluding hydrogens is 924 g/mol. The van der Waals surface area contributed by atoms with E-state index in [2.05, 4.69) is 68.8 Å². The van der Waals surface area contributed by atoms with E-state index in [0.717, 1.165) is 69.4 Å². The molecule has 4 fully saturated rings. The quantitative estimate of drug-likeness (QED) is 0.0865. The number of nitrogens with zero attached hydrogens (tertiary/aromatic N) is 9. The first-order valence-corrected chi connectivity index (χ1v) is 25.3. The molecule has 4 aliphatic heterocycles. The van der Waals surface area contributed by atoms with Crippen molar-refractivity contribution in [3.63, 3.8) is 0 Å². The van der Waals surface area contributed by atoms with E-state index in [1.54, 1.807) is 16.8 Å². The number of piperazine rings is 2. The molecule has 0 spiro atoms. The molecule has 73 heavy (non-hydrogen) atoms. The zero-order valence-electron chi connectivity index (χ0n) is 42.3. The molecule has 2 bridgehead atoms. The molecule has 380 valence electrons. The molecule has 2 unspecified atom stereocenters. The number of halogens is 1. The molecule has 0 saturated carbocycles. The van der Waals surface area contributed by atoms with Gasteiger partial charge in [0.15, 0.2) is 11.6 Å². The van der Waals surface area contributed by atoms with Gasteiger partial charge in [0.2, 0.25) is 5.82 Å². The van der Waals surface area contributed by atoms with Crippen molar-refractivity contribution in [2.45, 2.75) is 71.0 Å². The smallest absolute Gasteiger partial charge is 0.318 e. The summed E-state index contributed by atoms with van der Waals surface area (Å²) in [6.07, 6.45) is 12.5. The molecule has 7 heterocycles. The number of carbonyl (C=O) groups is 1. The third-order valence-electron chi connectivity index (χ3n) is 14.0. The lowest BCUT2D eigenvalue weighted by Gasteiger charge is -2.34. The van der Waals surface area contributed by atoms with Crippen molar-refractivity contribution in [3.05, 3.63) is 107 Å². The number of phenolic OH excluding ortho intramolecular Hbond substituents is 2. The van der Waals surface area contributed by atoms with Gasteiger partial charge in [-0.15, -0.1) is 16.6 Å². The summed E-state index contributed by atoms with van der Waals surface area (Å²) in [5.41, 5.74) is 4.70. The first-order valence-electron chi connectivity index (χ1n) is 25.3. The Morgan fingerprint density at radius 2 is 1.64 bits per heavy atom. The summed E-state index contributed by atoms with van der Waals surface area (Å²) in [4.78, 5) is 33.3. The van der Waals surface area contributed by atoms with Crippen LogP contribution in [0.2, 0.25) is 0 Å². The molecule has 2 atom stereocenters. The van der Waals surface area contributed by atoms with Gasteiger partial charge in [-0.1, -0.05) is 62.2 Å². The molecular formula is C56H65FN12O4. The van der Waals surface area contributed by atoms with Crippen molar-refractivity contribution in [2.24, 2.45) is 0 Å². The van der Waals surface area contributed by atoms with Crippen molar-refractivity contribution in [1.29, 1.82) is 0 Å². The SMILES string of the molecule is C#Cc1cccc2cccc(-c3ncc4c(N5CC6CCC(C5)N6)nc(OC)nc4c3F)c12.CCNC(=O)c1nnc(-c2cc(C(C)C)c(O)cc2O)n1-c1ccc(CN2CCNCC2)cc1.CN1CCCC1. The molecule has 4 saturated heterocycles. The second kappa shape index (κ2) is 22.7. The Labute approximate surface area is 426 Å². The first kappa shape index (κ1) is 50.7. The third kappa shape index (κ3) is 11.1. The Bertz CT molecular complexity index is 3110. The van der Waals surface area contributed by atoms with Crippen LogP contribution in [0, 0.1) is 18.2 Å². The molecule has 16 nitrogen and oxygen atoms in total. The largest absolute Gasteiger partial charge is 0.508 e. The number of fused-ring (bicyclic) bond motifs is 4. The van der Waals surface area contributed by atoms with Gasteiger partial charge in [0.05, 0.1) is 18.1 Å². The van der Waals surface area contributed by atoms with Gasteiger partial charge in [-0.3, -0.25) is 19.2 Å². The summed E-state index contributed by atoms with van der Waals surface area (Å²) >= 11 is 0. The molecule has 0 aliphatic carbocycles. The summed E-state index contributed by atoms with van der Waals surface area (Å²) in [6.45, 7) is 15.3. The minimum atomic E-state index is -0.508. The van der Waals surface area contributed by atoms with Gasteiger partial charge in [-0.25, -0.2) is 4.39 Å². The number of anilines is 1. The Morgan fingerprint density at radius 3 is 2.29 bits per heavy atom. The number of hydrogen-bond acceptors (Lipinski definition) is 14. The Hall–Kier alpha value is -7.23. The fourth-order valence-electron chi connectivity index (χ4n) is 10.2. The first-order chi connectivity index (χ1) is 35.4. The van der Waals surface area contributed by atoms with E-state index in [0.29, 0.717) is 63.6 Å². The average molecular weight is 989 g/mol. The van der Waals surface area contributed by atoms with Crippen LogP contribution in [0.3, 0.4) is 0 Å². The molecule has 7 aromatic rings. The molecule has 11 rings (SSSR count). The highest BCUT2D eigenvalue weighted by molar-refractivity contribution is 6.02. The van der Waals surface area contributed by atoms with E-state index in [4.69, 9.17) is 11.2 Å². The predicted molar refractivity (Wildman–Crippen MR) is 284 cm³/mol. The minimum Gasteiger partial charge on any atom is -0.508 e. The fourth-order valence-corrected chi connectivity index (χ4v) is 10.2. The molecule has 4 aliphatic rings. The monoisotopic (exact) mass is 989 g/mol. The van der Waals surface area contributed by atoms with Crippen molar-refractivity contribution in [1.82, 2.24) is 55.5 Å². The van der Waals surface area contributed by atoms with Gasteiger partial charge in [-0.2, -0.15) is 9.97 Å². The second-order valence-electron chi connectivity index (χ2n) is 19.4. The van der Waals surface area contributed by atoms with Crippen LogP contribution in [-0.4, -0.2) is 141 Å². The number of aromatic hydroxyl groups is 2.